The van der Waals surface area contributed by atoms with Crippen molar-refractivity contribution in [2.24, 2.45) is 0 Å². The molecule has 186 valence electrons. The first kappa shape index (κ1) is 23.4. The number of para-hydroxylation sites is 1. The van der Waals surface area contributed by atoms with Crippen molar-refractivity contribution in [3.05, 3.63) is 101 Å². The summed E-state index contributed by atoms with van der Waals surface area (Å²) in [6.07, 6.45) is 4.46. The predicted molar refractivity (Wildman–Crippen MR) is 138 cm³/mol. The van der Waals surface area contributed by atoms with Crippen molar-refractivity contribution in [3.63, 3.8) is 0 Å². The zero-order valence-electron chi connectivity index (χ0n) is 19.8. The zero-order chi connectivity index (χ0) is 25.6. The van der Waals surface area contributed by atoms with Crippen molar-refractivity contribution in [2.75, 3.05) is 24.5 Å². The lowest BCUT2D eigenvalue weighted by Gasteiger charge is -2.39. The fourth-order valence-electron chi connectivity index (χ4n) is 5.46. The highest BCUT2D eigenvalue weighted by atomic mass is 35.5. The second kappa shape index (κ2) is 9.12. The largest absolute Gasteiger partial charge is 0.360 e. The van der Waals surface area contributed by atoms with E-state index in [2.05, 4.69) is 21.0 Å². The van der Waals surface area contributed by atoms with Gasteiger partial charge in [-0.1, -0.05) is 29.8 Å². The molecular weight excluding hydrogens is 493 g/mol. The summed E-state index contributed by atoms with van der Waals surface area (Å²) in [5.41, 5.74) is 4.16. The first-order chi connectivity index (χ1) is 17.9. The Hall–Kier alpha value is -4.04. The van der Waals surface area contributed by atoms with Gasteiger partial charge in [-0.3, -0.25) is 9.59 Å². The van der Waals surface area contributed by atoms with Crippen LogP contribution in [-0.2, 0) is 5.41 Å². The Kier molecular flexibility index (Phi) is 5.76. The monoisotopic (exact) mass is 515 g/mol. The maximum absolute atomic E-state index is 13.4. The Balaban J connectivity index is 1.20. The van der Waals surface area contributed by atoms with Crippen LogP contribution in [-0.4, -0.2) is 51.3 Å². The molecular formula is C28H23ClFN5O2. The number of likely N-dealkylation sites (tertiary alicyclic amines) is 1. The number of amides is 2. The fraction of sp³-hybridized carbons (Fsp3) is 0.214. The van der Waals surface area contributed by atoms with E-state index in [1.54, 1.807) is 29.3 Å². The van der Waals surface area contributed by atoms with E-state index >= 15 is 0 Å². The van der Waals surface area contributed by atoms with Gasteiger partial charge in [0.1, 0.15) is 23.0 Å². The van der Waals surface area contributed by atoms with Gasteiger partial charge in [0, 0.05) is 48.7 Å². The molecule has 37 heavy (non-hydrogen) atoms. The first-order valence-electron chi connectivity index (χ1n) is 12.1. The number of hydrogen-bond donors (Lipinski definition) is 1. The molecule has 4 heterocycles. The number of nitrogens with zero attached hydrogens (tertiary/aromatic N) is 4. The van der Waals surface area contributed by atoms with E-state index in [0.717, 1.165) is 35.3 Å². The summed E-state index contributed by atoms with van der Waals surface area (Å²) >= 11 is 6.00. The molecule has 0 radical (unpaired) electrons. The summed E-state index contributed by atoms with van der Waals surface area (Å²) in [6.45, 7) is 1.67. The average molecular weight is 516 g/mol. The lowest BCUT2D eigenvalue weighted by molar-refractivity contribution is 0.0671. The normalized spacial score (nSPS) is 16.2. The third-order valence-corrected chi connectivity index (χ3v) is 7.62. The highest BCUT2D eigenvalue weighted by Crippen LogP contribution is 2.47. The summed E-state index contributed by atoms with van der Waals surface area (Å²) < 4.78 is 13.3. The van der Waals surface area contributed by atoms with Crippen LogP contribution in [0.2, 0.25) is 5.15 Å². The van der Waals surface area contributed by atoms with Crippen molar-refractivity contribution >= 4 is 29.1 Å². The van der Waals surface area contributed by atoms with E-state index in [1.165, 1.54) is 24.5 Å². The van der Waals surface area contributed by atoms with Crippen molar-refractivity contribution in [3.8, 4) is 11.3 Å². The number of H-pyrrole nitrogens is 1. The molecule has 2 aliphatic heterocycles. The van der Waals surface area contributed by atoms with Crippen molar-refractivity contribution in [1.29, 1.82) is 0 Å². The Morgan fingerprint density at radius 1 is 0.973 bits per heavy atom. The molecule has 0 aliphatic carbocycles. The van der Waals surface area contributed by atoms with Crippen LogP contribution in [0.15, 0.2) is 73.2 Å². The number of aromatic amines is 1. The van der Waals surface area contributed by atoms with E-state index < -0.39 is 0 Å². The van der Waals surface area contributed by atoms with Crippen LogP contribution in [0.3, 0.4) is 0 Å². The standard InChI is InChI=1S/C28H23ClFN5O2/c29-25-14-23(32-17-33-25)27(37)35-16-28(21-3-1-2-4-24(21)35)9-11-34(12-10-28)26(36)19-13-22(31-15-19)18-5-7-20(30)8-6-18/h1-8,13-15,17,31H,9-12,16H2. The van der Waals surface area contributed by atoms with Gasteiger partial charge in [-0.05, 0) is 60.4 Å². The summed E-state index contributed by atoms with van der Waals surface area (Å²) in [6, 6.07) is 17.4. The van der Waals surface area contributed by atoms with Crippen LogP contribution in [0.4, 0.5) is 10.1 Å². The van der Waals surface area contributed by atoms with E-state index in [4.69, 9.17) is 11.6 Å². The number of anilines is 1. The van der Waals surface area contributed by atoms with Crippen LogP contribution >= 0.6 is 11.6 Å². The molecule has 9 heteroatoms. The molecule has 1 fully saturated rings. The maximum atomic E-state index is 13.4. The second-order valence-electron chi connectivity index (χ2n) is 9.52. The molecule has 0 saturated carbocycles. The van der Waals surface area contributed by atoms with Gasteiger partial charge in [-0.15, -0.1) is 0 Å². The van der Waals surface area contributed by atoms with Gasteiger partial charge >= 0.3 is 0 Å². The van der Waals surface area contributed by atoms with E-state index in [0.29, 0.717) is 25.2 Å². The smallest absolute Gasteiger partial charge is 0.277 e. The zero-order valence-corrected chi connectivity index (χ0v) is 20.6. The van der Waals surface area contributed by atoms with Crippen LogP contribution < -0.4 is 4.90 Å². The highest BCUT2D eigenvalue weighted by molar-refractivity contribution is 6.29. The van der Waals surface area contributed by atoms with Gasteiger partial charge in [-0.2, -0.15) is 0 Å². The van der Waals surface area contributed by atoms with E-state index in [-0.39, 0.29) is 33.9 Å². The molecule has 7 nitrogen and oxygen atoms in total. The lowest BCUT2D eigenvalue weighted by Crippen LogP contribution is -2.47. The number of benzene rings is 2. The minimum Gasteiger partial charge on any atom is -0.360 e. The third kappa shape index (κ3) is 4.17. The summed E-state index contributed by atoms with van der Waals surface area (Å²) in [5.74, 6) is -0.564. The number of nitrogens with one attached hydrogen (secondary N) is 1. The molecule has 1 spiro atoms. The molecule has 2 aliphatic rings. The summed E-state index contributed by atoms with van der Waals surface area (Å²) in [4.78, 5) is 41.4. The second-order valence-corrected chi connectivity index (χ2v) is 9.90. The van der Waals surface area contributed by atoms with Gasteiger partial charge in [0.05, 0.1) is 5.56 Å². The number of piperidine rings is 1. The lowest BCUT2D eigenvalue weighted by atomic mass is 9.74. The van der Waals surface area contributed by atoms with E-state index in [9.17, 15) is 14.0 Å². The summed E-state index contributed by atoms with van der Waals surface area (Å²) in [5, 5.41) is 0.222. The Morgan fingerprint density at radius 2 is 1.73 bits per heavy atom. The SMILES string of the molecule is O=C(c1c[nH]c(-c2ccc(F)cc2)c1)N1CCC2(CC1)CN(C(=O)c1cc(Cl)ncn1)c1ccccc12. The van der Waals surface area contributed by atoms with Gasteiger partial charge in [0.2, 0.25) is 0 Å². The van der Waals surface area contributed by atoms with Crippen LogP contribution in [0.25, 0.3) is 11.3 Å². The van der Waals surface area contributed by atoms with Crippen molar-refractivity contribution in [1.82, 2.24) is 19.9 Å². The molecule has 2 aromatic heterocycles. The average Bonchev–Trinajstić information content (AvgIpc) is 3.53. The maximum Gasteiger partial charge on any atom is 0.277 e. The number of carbonyl (C=O) groups excluding carboxylic acids is 2. The van der Waals surface area contributed by atoms with Gasteiger partial charge < -0.3 is 14.8 Å². The number of hydrogen-bond acceptors (Lipinski definition) is 4. The van der Waals surface area contributed by atoms with Crippen molar-refractivity contribution in [2.45, 2.75) is 18.3 Å². The molecule has 6 rings (SSSR count). The quantitative estimate of drug-likeness (QED) is 0.385. The molecule has 2 amide bonds. The molecule has 0 unspecified atom stereocenters. The minimum atomic E-state index is -0.302. The van der Waals surface area contributed by atoms with Gasteiger partial charge in [0.15, 0.2) is 0 Å². The highest BCUT2D eigenvalue weighted by Gasteiger charge is 2.47. The first-order valence-corrected chi connectivity index (χ1v) is 12.4. The molecule has 4 aromatic rings. The number of aromatic nitrogens is 3. The topological polar surface area (TPSA) is 82.2 Å². The number of rotatable bonds is 3. The van der Waals surface area contributed by atoms with Gasteiger partial charge in [-0.25, -0.2) is 14.4 Å². The molecule has 1 N–H and O–H groups in total. The molecule has 2 aromatic carbocycles. The van der Waals surface area contributed by atoms with E-state index in [1.807, 2.05) is 23.1 Å². The Bertz CT molecular complexity index is 1490. The number of halogens is 2. The van der Waals surface area contributed by atoms with Crippen LogP contribution in [0, 0.1) is 5.82 Å². The van der Waals surface area contributed by atoms with Crippen LogP contribution in [0.5, 0.6) is 0 Å². The molecule has 1 saturated heterocycles. The third-order valence-electron chi connectivity index (χ3n) is 7.42. The number of fused-ring (bicyclic) bond motifs is 2. The Labute approximate surface area is 217 Å². The fourth-order valence-corrected chi connectivity index (χ4v) is 5.61. The predicted octanol–water partition coefficient (Wildman–Crippen LogP) is 5.10. The minimum absolute atomic E-state index is 0.0469. The van der Waals surface area contributed by atoms with Gasteiger partial charge in [0.25, 0.3) is 11.8 Å². The number of carbonyl (C=O) groups is 2. The van der Waals surface area contributed by atoms with Crippen molar-refractivity contribution < 1.29 is 14.0 Å². The molecule has 0 bridgehead atoms. The summed E-state index contributed by atoms with van der Waals surface area (Å²) in [7, 11) is 0. The molecule has 0 atom stereocenters. The Morgan fingerprint density at radius 3 is 2.49 bits per heavy atom. The van der Waals surface area contributed by atoms with Crippen LogP contribution in [0.1, 0.15) is 39.3 Å².